The summed E-state index contributed by atoms with van der Waals surface area (Å²) in [6.45, 7) is 6.08. The van der Waals surface area contributed by atoms with Gasteiger partial charge in [-0.3, -0.25) is 4.90 Å². The number of thioether (sulfide) groups is 1. The van der Waals surface area contributed by atoms with E-state index in [1.807, 2.05) is 11.8 Å². The van der Waals surface area contributed by atoms with E-state index in [0.29, 0.717) is 6.04 Å². The number of nitrogens with zero attached hydrogens (tertiary/aromatic N) is 1. The van der Waals surface area contributed by atoms with Gasteiger partial charge >= 0.3 is 0 Å². The van der Waals surface area contributed by atoms with Gasteiger partial charge in [0.2, 0.25) is 0 Å². The van der Waals surface area contributed by atoms with Crippen molar-refractivity contribution in [1.82, 2.24) is 10.2 Å². The molecule has 1 aromatic carbocycles. The Morgan fingerprint density at radius 2 is 2.00 bits per heavy atom. The zero-order valence-corrected chi connectivity index (χ0v) is 14.2. The number of hydrogen-bond acceptors (Lipinski definition) is 3. The minimum Gasteiger partial charge on any atom is -0.316 e. The van der Waals surface area contributed by atoms with Crippen LogP contribution in [-0.4, -0.2) is 36.8 Å². The topological polar surface area (TPSA) is 15.3 Å². The summed E-state index contributed by atoms with van der Waals surface area (Å²) >= 11 is 1.82. The van der Waals surface area contributed by atoms with Gasteiger partial charge in [0.1, 0.15) is 0 Å². The highest BCUT2D eigenvalue weighted by atomic mass is 32.2. The predicted octanol–water partition coefficient (Wildman–Crippen LogP) is 3.93. The SMILES string of the molecule is CSc1ccc(C(C)N(CC2CCCNC2)C2CC2)cc1. The molecule has 1 saturated heterocycles. The largest absolute Gasteiger partial charge is 0.316 e. The molecule has 1 heterocycles. The third-order valence-electron chi connectivity index (χ3n) is 4.98. The highest BCUT2D eigenvalue weighted by Gasteiger charge is 2.34. The molecule has 0 spiro atoms. The van der Waals surface area contributed by atoms with Crippen LogP contribution < -0.4 is 5.32 Å². The van der Waals surface area contributed by atoms with Gasteiger partial charge in [0.15, 0.2) is 0 Å². The standard InChI is InChI=1S/C18H28N2S/c1-14(16-5-9-18(21-2)10-6-16)20(17-7-8-17)13-15-4-3-11-19-12-15/h5-6,9-10,14-15,17,19H,3-4,7-8,11-13H2,1-2H3. The molecule has 21 heavy (non-hydrogen) atoms. The minimum absolute atomic E-state index is 0.551. The van der Waals surface area contributed by atoms with Gasteiger partial charge in [0.05, 0.1) is 0 Å². The molecule has 2 nitrogen and oxygen atoms in total. The third-order valence-corrected chi connectivity index (χ3v) is 5.72. The fourth-order valence-electron chi connectivity index (χ4n) is 3.48. The molecule has 2 atom stereocenters. The number of nitrogens with one attached hydrogen (secondary N) is 1. The van der Waals surface area contributed by atoms with E-state index in [2.05, 4.69) is 47.7 Å². The fraction of sp³-hybridized carbons (Fsp3) is 0.667. The van der Waals surface area contributed by atoms with Crippen molar-refractivity contribution < 1.29 is 0 Å². The maximum atomic E-state index is 3.56. The maximum absolute atomic E-state index is 3.56. The molecule has 1 aliphatic heterocycles. The van der Waals surface area contributed by atoms with Gasteiger partial charge < -0.3 is 5.32 Å². The first-order valence-corrected chi connectivity index (χ1v) is 9.61. The average molecular weight is 305 g/mol. The van der Waals surface area contributed by atoms with Crippen LogP contribution in [-0.2, 0) is 0 Å². The van der Waals surface area contributed by atoms with Gasteiger partial charge in [-0.15, -0.1) is 11.8 Å². The first-order valence-electron chi connectivity index (χ1n) is 8.38. The Morgan fingerprint density at radius 1 is 1.24 bits per heavy atom. The van der Waals surface area contributed by atoms with E-state index < -0.39 is 0 Å². The summed E-state index contributed by atoms with van der Waals surface area (Å²) in [4.78, 5) is 4.13. The molecule has 1 aromatic rings. The van der Waals surface area contributed by atoms with Gasteiger partial charge in [-0.05, 0) is 75.6 Å². The zero-order valence-electron chi connectivity index (χ0n) is 13.3. The molecule has 3 rings (SSSR count). The Kier molecular flexibility index (Phi) is 5.25. The monoisotopic (exact) mass is 304 g/mol. The molecule has 2 unspecified atom stereocenters. The second kappa shape index (κ2) is 7.17. The number of rotatable bonds is 6. The summed E-state index contributed by atoms with van der Waals surface area (Å²) in [5.74, 6) is 0.840. The van der Waals surface area contributed by atoms with E-state index in [1.54, 1.807) is 0 Å². The lowest BCUT2D eigenvalue weighted by molar-refractivity contribution is 0.154. The predicted molar refractivity (Wildman–Crippen MR) is 92.0 cm³/mol. The van der Waals surface area contributed by atoms with Crippen LogP contribution in [0.3, 0.4) is 0 Å². The minimum atomic E-state index is 0.551. The van der Waals surface area contributed by atoms with Crippen LogP contribution in [0, 0.1) is 5.92 Å². The molecule has 1 N–H and O–H groups in total. The summed E-state index contributed by atoms with van der Waals surface area (Å²) in [6, 6.07) is 10.6. The second-order valence-corrected chi connectivity index (χ2v) is 7.47. The van der Waals surface area contributed by atoms with Crippen LogP contribution in [0.1, 0.15) is 44.2 Å². The van der Waals surface area contributed by atoms with Crippen molar-refractivity contribution in [2.24, 2.45) is 5.92 Å². The van der Waals surface area contributed by atoms with Crippen molar-refractivity contribution in [3.8, 4) is 0 Å². The van der Waals surface area contributed by atoms with Crippen molar-refractivity contribution in [1.29, 1.82) is 0 Å². The summed E-state index contributed by atoms with van der Waals surface area (Å²) in [5, 5.41) is 3.56. The Bertz CT molecular complexity index is 435. The van der Waals surface area contributed by atoms with Crippen LogP contribution in [0.5, 0.6) is 0 Å². The zero-order chi connectivity index (χ0) is 14.7. The Balaban J connectivity index is 1.66. The quantitative estimate of drug-likeness (QED) is 0.802. The van der Waals surface area contributed by atoms with Crippen LogP contribution >= 0.6 is 11.8 Å². The summed E-state index contributed by atoms with van der Waals surface area (Å²) in [7, 11) is 0. The molecule has 2 aliphatic rings. The number of hydrogen-bond donors (Lipinski definition) is 1. The van der Waals surface area contributed by atoms with E-state index in [1.165, 1.54) is 55.8 Å². The first-order chi connectivity index (χ1) is 10.3. The Labute approximate surface area is 133 Å². The van der Waals surface area contributed by atoms with Gasteiger partial charge in [-0.1, -0.05) is 12.1 Å². The normalized spacial score (nSPS) is 24.2. The van der Waals surface area contributed by atoms with Gasteiger partial charge in [-0.25, -0.2) is 0 Å². The second-order valence-electron chi connectivity index (χ2n) is 6.59. The highest BCUT2D eigenvalue weighted by molar-refractivity contribution is 7.98. The lowest BCUT2D eigenvalue weighted by atomic mass is 9.97. The molecular formula is C18H28N2S. The molecule has 1 saturated carbocycles. The van der Waals surface area contributed by atoms with Crippen molar-refractivity contribution in [2.75, 3.05) is 25.9 Å². The molecule has 3 heteroatoms. The molecule has 1 aliphatic carbocycles. The van der Waals surface area contributed by atoms with Crippen LogP contribution in [0.4, 0.5) is 0 Å². The van der Waals surface area contributed by atoms with Crippen molar-refractivity contribution in [3.63, 3.8) is 0 Å². The first kappa shape index (κ1) is 15.4. The molecule has 0 amide bonds. The Morgan fingerprint density at radius 3 is 2.57 bits per heavy atom. The molecular weight excluding hydrogens is 276 g/mol. The maximum Gasteiger partial charge on any atom is 0.0322 e. The van der Waals surface area contributed by atoms with E-state index in [-0.39, 0.29) is 0 Å². The van der Waals surface area contributed by atoms with Crippen LogP contribution in [0.15, 0.2) is 29.2 Å². The average Bonchev–Trinajstić information content (AvgIpc) is 3.38. The molecule has 0 aromatic heterocycles. The van der Waals surface area contributed by atoms with Crippen LogP contribution in [0.25, 0.3) is 0 Å². The number of benzene rings is 1. The van der Waals surface area contributed by atoms with Gasteiger partial charge in [-0.2, -0.15) is 0 Å². The Hall–Kier alpha value is -0.510. The lowest BCUT2D eigenvalue weighted by Crippen LogP contribution is -2.40. The molecule has 2 fully saturated rings. The fourth-order valence-corrected chi connectivity index (χ4v) is 3.89. The molecule has 0 radical (unpaired) electrons. The molecule has 0 bridgehead atoms. The summed E-state index contributed by atoms with van der Waals surface area (Å²) in [5.41, 5.74) is 1.48. The van der Waals surface area contributed by atoms with E-state index in [0.717, 1.165) is 12.0 Å². The third kappa shape index (κ3) is 4.02. The molecule has 116 valence electrons. The highest BCUT2D eigenvalue weighted by Crippen LogP contribution is 2.35. The van der Waals surface area contributed by atoms with Crippen molar-refractivity contribution in [3.05, 3.63) is 29.8 Å². The van der Waals surface area contributed by atoms with Gasteiger partial charge in [0.25, 0.3) is 0 Å². The van der Waals surface area contributed by atoms with Crippen molar-refractivity contribution >= 4 is 11.8 Å². The van der Waals surface area contributed by atoms with Crippen molar-refractivity contribution in [2.45, 2.75) is 49.6 Å². The van der Waals surface area contributed by atoms with E-state index >= 15 is 0 Å². The lowest BCUT2D eigenvalue weighted by Gasteiger charge is -2.34. The number of piperidine rings is 1. The van der Waals surface area contributed by atoms with E-state index in [9.17, 15) is 0 Å². The van der Waals surface area contributed by atoms with E-state index in [4.69, 9.17) is 0 Å². The summed E-state index contributed by atoms with van der Waals surface area (Å²) < 4.78 is 0. The van der Waals surface area contributed by atoms with Gasteiger partial charge in [0, 0.05) is 23.5 Å². The smallest absolute Gasteiger partial charge is 0.0322 e. The van der Waals surface area contributed by atoms with Crippen LogP contribution in [0.2, 0.25) is 0 Å². The summed E-state index contributed by atoms with van der Waals surface area (Å²) in [6.07, 6.45) is 7.68.